The summed E-state index contributed by atoms with van der Waals surface area (Å²) in [4.78, 5) is 27.0. The van der Waals surface area contributed by atoms with Crippen LogP contribution in [0.25, 0.3) is 6.08 Å². The molecule has 3 aliphatic rings. The highest BCUT2D eigenvalue weighted by atomic mass is 16.6. The van der Waals surface area contributed by atoms with Gasteiger partial charge in [0.05, 0.1) is 18.8 Å². The predicted octanol–water partition coefficient (Wildman–Crippen LogP) is -4.40. The quantitative estimate of drug-likeness (QED) is 0.102. The summed E-state index contributed by atoms with van der Waals surface area (Å²) in [6.45, 7) is -1.98. The maximum Gasteiger partial charge on any atom is 0.208 e. The van der Waals surface area contributed by atoms with E-state index in [1.165, 1.54) is 24.3 Å². The van der Waals surface area contributed by atoms with E-state index in [2.05, 4.69) is 0 Å². The van der Waals surface area contributed by atoms with Gasteiger partial charge in [0.25, 0.3) is 0 Å². The summed E-state index contributed by atoms with van der Waals surface area (Å²) < 4.78 is 10.7. The summed E-state index contributed by atoms with van der Waals surface area (Å²) in [7, 11) is 0. The third-order valence-electron chi connectivity index (χ3n) is 7.73. The van der Waals surface area contributed by atoms with Gasteiger partial charge in [0.2, 0.25) is 11.4 Å². The Morgan fingerprint density at radius 1 is 0.767 bits per heavy atom. The van der Waals surface area contributed by atoms with Gasteiger partial charge in [-0.15, -0.1) is 0 Å². The van der Waals surface area contributed by atoms with Crippen LogP contribution in [-0.4, -0.2) is 153 Å². The molecule has 11 unspecified atom stereocenters. The fraction of sp³-hybridized carbons (Fsp3) is 0.481. The first-order valence-electron chi connectivity index (χ1n) is 13.0. The zero-order valence-electron chi connectivity index (χ0n) is 22.2. The number of allylic oxidation sites excluding steroid dienone is 2. The Balaban J connectivity index is 1.89. The molecule has 1 aromatic rings. The minimum Gasteiger partial charge on any atom is -0.508 e. The van der Waals surface area contributed by atoms with E-state index in [1.54, 1.807) is 0 Å². The second kappa shape index (κ2) is 12.4. The van der Waals surface area contributed by atoms with Crippen LogP contribution in [0.5, 0.6) is 5.75 Å². The van der Waals surface area contributed by atoms with E-state index < -0.39 is 114 Å². The lowest BCUT2D eigenvalue weighted by molar-refractivity contribution is -0.266. The largest absolute Gasteiger partial charge is 0.508 e. The normalized spacial score (nSPS) is 39.0. The number of carbonyl (C=O) groups excluding carboxylic acids is 2. The average molecular weight is 613 g/mol. The molecule has 2 saturated heterocycles. The molecule has 4 rings (SSSR count). The summed E-state index contributed by atoms with van der Waals surface area (Å²) >= 11 is 0. The molecule has 0 saturated carbocycles. The number of phenols is 1. The molecule has 2 heterocycles. The van der Waals surface area contributed by atoms with Gasteiger partial charge in [-0.1, -0.05) is 18.2 Å². The molecule has 1 aromatic carbocycles. The Morgan fingerprint density at radius 3 is 1.86 bits per heavy atom. The van der Waals surface area contributed by atoms with E-state index in [4.69, 9.17) is 9.47 Å². The molecule has 16 nitrogen and oxygen atoms in total. The molecular weight excluding hydrogens is 580 g/mol. The average Bonchev–Trinajstić information content (AvgIpc) is 2.98. The molecule has 0 spiro atoms. The SMILES string of the molecule is O=C(/C=C/c1ccc(O)cc1)C1=C(O)C(O)(C2OC(CO)C(O)C(O)C2O)C(O)=C(C2OC(CO)C(O)C(O)C2O)C1=O. The number of Topliss-reactive ketones (excluding diaryl/α,β-unsaturated/α-hetero) is 1. The Bertz CT molecular complexity index is 1320. The fourth-order valence-corrected chi connectivity index (χ4v) is 5.25. The Kier molecular flexibility index (Phi) is 9.41. The second-order valence-electron chi connectivity index (χ2n) is 10.4. The first-order valence-corrected chi connectivity index (χ1v) is 13.0. The van der Waals surface area contributed by atoms with Crippen molar-refractivity contribution in [2.24, 2.45) is 0 Å². The van der Waals surface area contributed by atoms with Gasteiger partial charge in [-0.2, -0.15) is 0 Å². The van der Waals surface area contributed by atoms with Crippen molar-refractivity contribution in [1.82, 2.24) is 0 Å². The van der Waals surface area contributed by atoms with Crippen LogP contribution < -0.4 is 0 Å². The Hall–Kier alpha value is -3.26. The Morgan fingerprint density at radius 2 is 1.30 bits per heavy atom. The molecular formula is C27H32O16. The molecule has 12 N–H and O–H groups in total. The number of ketones is 2. The highest BCUT2D eigenvalue weighted by Gasteiger charge is 2.62. The summed E-state index contributed by atoms with van der Waals surface area (Å²) in [5, 5.41) is 125. The van der Waals surface area contributed by atoms with Crippen LogP contribution in [0.4, 0.5) is 0 Å². The standard InChI is InChI=1S/C27H32O16/c28-7-12-16(32)19(35)21(37)23(42-12)15-18(34)14(11(31)6-3-9-1-4-10(30)5-2-9)24(39)27(41,25(15)40)26-22(38)20(36)17(33)13(8-29)43-26/h1-6,12-13,16-17,19-23,26,28-30,32-33,35-41H,7-8H2/b6-3+. The summed E-state index contributed by atoms with van der Waals surface area (Å²) in [5.74, 6) is -6.13. The van der Waals surface area contributed by atoms with Crippen LogP contribution in [0.1, 0.15) is 5.56 Å². The zero-order valence-corrected chi connectivity index (χ0v) is 22.2. The molecule has 2 aliphatic heterocycles. The van der Waals surface area contributed by atoms with E-state index in [0.717, 1.165) is 12.2 Å². The molecule has 0 aromatic heterocycles. The molecule has 16 heteroatoms. The van der Waals surface area contributed by atoms with Gasteiger partial charge in [-0.25, -0.2) is 0 Å². The second-order valence-corrected chi connectivity index (χ2v) is 10.4. The topological polar surface area (TPSA) is 295 Å². The number of aliphatic hydroxyl groups excluding tert-OH is 10. The maximum atomic E-state index is 13.7. The van der Waals surface area contributed by atoms with Crippen molar-refractivity contribution in [2.45, 2.75) is 66.6 Å². The van der Waals surface area contributed by atoms with E-state index >= 15 is 0 Å². The number of ether oxygens (including phenoxy) is 2. The number of aromatic hydroxyl groups is 1. The van der Waals surface area contributed by atoms with Gasteiger partial charge in [0.1, 0.15) is 83.9 Å². The van der Waals surface area contributed by atoms with Gasteiger partial charge >= 0.3 is 0 Å². The van der Waals surface area contributed by atoms with Crippen LogP contribution in [0, 0.1) is 0 Å². The summed E-state index contributed by atoms with van der Waals surface area (Å²) in [6.07, 6.45) is -18.7. The van der Waals surface area contributed by atoms with Crippen molar-refractivity contribution in [2.75, 3.05) is 13.2 Å². The van der Waals surface area contributed by atoms with Crippen molar-refractivity contribution in [1.29, 1.82) is 0 Å². The molecule has 0 amide bonds. The fourth-order valence-electron chi connectivity index (χ4n) is 5.25. The van der Waals surface area contributed by atoms with Crippen molar-refractivity contribution in [3.63, 3.8) is 0 Å². The van der Waals surface area contributed by atoms with Crippen LogP contribution in [-0.2, 0) is 19.1 Å². The van der Waals surface area contributed by atoms with Crippen molar-refractivity contribution in [3.8, 4) is 5.75 Å². The van der Waals surface area contributed by atoms with E-state index in [9.17, 15) is 70.9 Å². The van der Waals surface area contributed by atoms with Crippen molar-refractivity contribution >= 4 is 17.6 Å². The van der Waals surface area contributed by atoms with Crippen molar-refractivity contribution in [3.05, 3.63) is 58.6 Å². The predicted molar refractivity (Wildman–Crippen MR) is 139 cm³/mol. The number of benzene rings is 1. The Labute approximate surface area is 242 Å². The molecule has 0 radical (unpaired) electrons. The van der Waals surface area contributed by atoms with E-state index in [0.29, 0.717) is 5.56 Å². The minimum atomic E-state index is -3.49. The molecule has 2 fully saturated rings. The molecule has 43 heavy (non-hydrogen) atoms. The first-order chi connectivity index (χ1) is 20.2. The lowest BCUT2D eigenvalue weighted by Crippen LogP contribution is -2.67. The third-order valence-corrected chi connectivity index (χ3v) is 7.73. The van der Waals surface area contributed by atoms with Crippen LogP contribution in [0.2, 0.25) is 0 Å². The third kappa shape index (κ3) is 5.47. The number of phenolic OH excluding ortho intramolecular Hbond substituents is 1. The van der Waals surface area contributed by atoms with Crippen LogP contribution in [0.15, 0.2) is 53.0 Å². The molecule has 1 aliphatic carbocycles. The number of rotatable bonds is 7. The molecule has 236 valence electrons. The number of aliphatic hydroxyl groups is 11. The first kappa shape index (κ1) is 32.6. The van der Waals surface area contributed by atoms with E-state index in [-0.39, 0.29) is 5.75 Å². The highest BCUT2D eigenvalue weighted by Crippen LogP contribution is 2.44. The van der Waals surface area contributed by atoms with Crippen LogP contribution in [0.3, 0.4) is 0 Å². The van der Waals surface area contributed by atoms with Gasteiger partial charge in [-0.3, -0.25) is 9.59 Å². The summed E-state index contributed by atoms with van der Waals surface area (Å²) in [5.41, 5.74) is -5.58. The van der Waals surface area contributed by atoms with E-state index in [1.807, 2.05) is 0 Å². The smallest absolute Gasteiger partial charge is 0.208 e. The summed E-state index contributed by atoms with van der Waals surface area (Å²) in [6, 6.07) is 5.32. The number of hydrogen-bond acceptors (Lipinski definition) is 16. The molecule has 0 bridgehead atoms. The van der Waals surface area contributed by atoms with Gasteiger partial charge in [0, 0.05) is 0 Å². The zero-order chi connectivity index (χ0) is 32.0. The molecule has 11 atom stereocenters. The number of hydrogen-bond donors (Lipinski definition) is 12. The van der Waals surface area contributed by atoms with Gasteiger partial charge in [-0.05, 0) is 23.8 Å². The van der Waals surface area contributed by atoms with Gasteiger partial charge < -0.3 is 70.8 Å². The lowest BCUT2D eigenvalue weighted by atomic mass is 9.72. The van der Waals surface area contributed by atoms with Crippen LogP contribution >= 0.6 is 0 Å². The monoisotopic (exact) mass is 612 g/mol. The highest BCUT2D eigenvalue weighted by molar-refractivity contribution is 6.31. The number of carbonyl (C=O) groups is 2. The van der Waals surface area contributed by atoms with Gasteiger partial charge in [0.15, 0.2) is 5.78 Å². The van der Waals surface area contributed by atoms with Crippen molar-refractivity contribution < 1.29 is 80.3 Å². The minimum absolute atomic E-state index is 0.0966. The lowest BCUT2D eigenvalue weighted by Gasteiger charge is -2.48. The maximum absolute atomic E-state index is 13.7.